The molecule has 5 atom stereocenters. The minimum Gasteiger partial charge on any atom is -0.508 e. The molecule has 4 nitrogen and oxygen atoms in total. The zero-order chi connectivity index (χ0) is 20.9. The van der Waals surface area contributed by atoms with Crippen LogP contribution in [-0.4, -0.2) is 15.8 Å². The van der Waals surface area contributed by atoms with E-state index in [-0.39, 0.29) is 5.41 Å². The summed E-state index contributed by atoms with van der Waals surface area (Å²) in [5, 5.41) is 21.6. The van der Waals surface area contributed by atoms with Gasteiger partial charge in [0.1, 0.15) is 11.4 Å². The molecule has 5 rings (SSSR count). The molecule has 3 aliphatic carbocycles. The number of nitrogens with one attached hydrogen (secondary N) is 1. The summed E-state index contributed by atoms with van der Waals surface area (Å²) in [5.74, 6) is 14.0. The molecule has 0 unspecified atom stereocenters. The second-order valence-corrected chi connectivity index (χ2v) is 9.63. The van der Waals surface area contributed by atoms with Gasteiger partial charge in [0.05, 0.1) is 0 Å². The summed E-state index contributed by atoms with van der Waals surface area (Å²) in [7, 11) is 0. The second kappa shape index (κ2) is 7.04. The number of fused-ring (bicyclic) bond motifs is 5. The molecule has 5 N–H and O–H groups in total. The van der Waals surface area contributed by atoms with E-state index in [2.05, 4.69) is 30.3 Å². The van der Waals surface area contributed by atoms with Gasteiger partial charge in [0.25, 0.3) is 0 Å². The Kier molecular flexibility index (Phi) is 4.57. The Hall–Kier alpha value is -2.48. The van der Waals surface area contributed by atoms with Crippen LogP contribution < -0.4 is 11.3 Å². The molecule has 2 saturated carbocycles. The largest absolute Gasteiger partial charge is 0.508 e. The molecule has 0 aliphatic heterocycles. The number of rotatable bonds is 1. The topological polar surface area (TPSA) is 78.5 Å². The van der Waals surface area contributed by atoms with Gasteiger partial charge in [-0.15, -0.1) is 0 Å². The number of nitrogen functional groups attached to an aromatic ring is 1. The molecule has 0 aromatic heterocycles. The molecule has 2 fully saturated rings. The van der Waals surface area contributed by atoms with Crippen molar-refractivity contribution in [1.82, 2.24) is 0 Å². The second-order valence-electron chi connectivity index (χ2n) is 9.63. The fraction of sp³-hybridized carbons (Fsp3) is 0.462. The van der Waals surface area contributed by atoms with Gasteiger partial charge >= 0.3 is 0 Å². The van der Waals surface area contributed by atoms with E-state index in [1.807, 2.05) is 36.4 Å². The molecule has 3 aliphatic rings. The molecule has 0 bridgehead atoms. The van der Waals surface area contributed by atoms with Gasteiger partial charge in [-0.25, -0.2) is 0 Å². The third-order valence-electron chi connectivity index (χ3n) is 8.33. The molecule has 30 heavy (non-hydrogen) atoms. The maximum absolute atomic E-state index is 11.7. The number of hydrogen-bond donors (Lipinski definition) is 4. The highest BCUT2D eigenvalue weighted by Crippen LogP contribution is 2.64. The van der Waals surface area contributed by atoms with Gasteiger partial charge in [0.15, 0.2) is 0 Å². The zero-order valence-electron chi connectivity index (χ0n) is 17.5. The molecule has 0 heterocycles. The van der Waals surface area contributed by atoms with Crippen LogP contribution in [0, 0.1) is 29.1 Å². The average molecular weight is 403 g/mol. The molecular formula is C26H30N2O2. The first-order chi connectivity index (χ1) is 14.4. The van der Waals surface area contributed by atoms with Crippen molar-refractivity contribution >= 4 is 5.69 Å². The Morgan fingerprint density at radius 3 is 2.63 bits per heavy atom. The quantitative estimate of drug-likeness (QED) is 0.325. The van der Waals surface area contributed by atoms with Crippen LogP contribution in [0.1, 0.15) is 61.6 Å². The molecule has 156 valence electrons. The van der Waals surface area contributed by atoms with E-state index in [0.717, 1.165) is 49.8 Å². The molecule has 0 amide bonds. The van der Waals surface area contributed by atoms with Crippen LogP contribution in [0.25, 0.3) is 0 Å². The lowest BCUT2D eigenvalue weighted by Crippen LogP contribution is -2.50. The van der Waals surface area contributed by atoms with E-state index >= 15 is 0 Å². The summed E-state index contributed by atoms with van der Waals surface area (Å²) in [6.07, 6.45) is 6.00. The van der Waals surface area contributed by atoms with Crippen LogP contribution >= 0.6 is 0 Å². The number of nitrogens with two attached hydrogens (primary N) is 1. The first-order valence-electron chi connectivity index (χ1n) is 11.1. The smallest absolute Gasteiger partial charge is 0.131 e. The maximum atomic E-state index is 11.7. The Bertz CT molecular complexity index is 1020. The van der Waals surface area contributed by atoms with Crippen LogP contribution in [0.2, 0.25) is 0 Å². The first-order valence-corrected chi connectivity index (χ1v) is 11.1. The number of hydrogen-bond acceptors (Lipinski definition) is 4. The van der Waals surface area contributed by atoms with Crippen molar-refractivity contribution in [2.24, 2.45) is 23.1 Å². The normalized spacial score (nSPS) is 34.2. The number of benzene rings is 2. The van der Waals surface area contributed by atoms with Gasteiger partial charge in [-0.05, 0) is 104 Å². The summed E-state index contributed by atoms with van der Waals surface area (Å²) < 4.78 is 0. The summed E-state index contributed by atoms with van der Waals surface area (Å²) in [6.45, 7) is 2.27. The lowest BCUT2D eigenvalue weighted by Gasteiger charge is -2.52. The van der Waals surface area contributed by atoms with Crippen molar-refractivity contribution in [1.29, 1.82) is 0 Å². The summed E-state index contributed by atoms with van der Waals surface area (Å²) in [6, 6.07) is 13.6. The van der Waals surface area contributed by atoms with Crippen LogP contribution in [-0.2, 0) is 6.42 Å². The van der Waals surface area contributed by atoms with E-state index in [0.29, 0.717) is 23.5 Å². The van der Waals surface area contributed by atoms with Crippen LogP contribution in [0.5, 0.6) is 5.75 Å². The standard InChI is InChI=1S/C26H30N2O2/c1-25-13-11-22-21-9-7-20(29)16-18(21)4-8-23(22)24(25)12-15-26(25,30)14-10-17-2-5-19(28-27)6-3-17/h2-3,5-7,9,16,22-24,28-30H,4,8,11-13,15,27H2,1H3/t22-,23-,24+,25+,26+/m1/s1. The van der Waals surface area contributed by atoms with Crippen molar-refractivity contribution < 1.29 is 10.2 Å². The van der Waals surface area contributed by atoms with Crippen LogP contribution in [0.15, 0.2) is 42.5 Å². The fourth-order valence-corrected chi connectivity index (χ4v) is 6.62. The van der Waals surface area contributed by atoms with Gasteiger partial charge < -0.3 is 15.6 Å². The minimum atomic E-state index is -0.942. The molecular weight excluding hydrogens is 372 g/mol. The van der Waals surface area contributed by atoms with Crippen LogP contribution in [0.3, 0.4) is 0 Å². The Morgan fingerprint density at radius 1 is 1.07 bits per heavy atom. The van der Waals surface area contributed by atoms with E-state index in [1.54, 1.807) is 0 Å². The van der Waals surface area contributed by atoms with Crippen molar-refractivity contribution in [3.63, 3.8) is 0 Å². The molecule has 0 radical (unpaired) electrons. The number of phenols is 1. The van der Waals surface area contributed by atoms with E-state index in [9.17, 15) is 10.2 Å². The SMILES string of the molecule is C[C@]12CC[C@@H]3c4ccc(O)cc4CC[C@H]3[C@@H]1CC[C@@]2(O)C#Cc1ccc(NN)cc1. The highest BCUT2D eigenvalue weighted by Gasteiger charge is 2.61. The Morgan fingerprint density at radius 2 is 1.87 bits per heavy atom. The number of hydrazine groups is 1. The summed E-state index contributed by atoms with van der Waals surface area (Å²) in [5.41, 5.74) is 5.98. The highest BCUT2D eigenvalue weighted by atomic mass is 16.3. The minimum absolute atomic E-state index is 0.172. The van der Waals surface area contributed by atoms with Crippen molar-refractivity contribution in [2.75, 3.05) is 5.43 Å². The predicted octanol–water partition coefficient (Wildman–Crippen LogP) is 4.32. The van der Waals surface area contributed by atoms with Crippen LogP contribution in [0.4, 0.5) is 5.69 Å². The van der Waals surface area contributed by atoms with E-state index < -0.39 is 5.60 Å². The van der Waals surface area contributed by atoms with E-state index in [4.69, 9.17) is 5.84 Å². The van der Waals surface area contributed by atoms with Gasteiger partial charge in [0, 0.05) is 16.7 Å². The summed E-state index contributed by atoms with van der Waals surface area (Å²) >= 11 is 0. The van der Waals surface area contributed by atoms with Gasteiger partial charge in [-0.1, -0.05) is 24.8 Å². The Balaban J connectivity index is 1.42. The third kappa shape index (κ3) is 2.92. The average Bonchev–Trinajstić information content (AvgIpc) is 3.03. The lowest BCUT2D eigenvalue weighted by molar-refractivity contribution is -0.0647. The zero-order valence-corrected chi connectivity index (χ0v) is 17.5. The fourth-order valence-electron chi connectivity index (χ4n) is 6.62. The summed E-state index contributed by atoms with van der Waals surface area (Å²) in [4.78, 5) is 0. The molecule has 2 aromatic carbocycles. The molecule has 4 heteroatoms. The molecule has 0 saturated heterocycles. The number of anilines is 1. The Labute approximate surface area is 178 Å². The van der Waals surface area contributed by atoms with Gasteiger partial charge in [0.2, 0.25) is 0 Å². The number of phenolic OH excluding ortho intramolecular Hbond substituents is 1. The van der Waals surface area contributed by atoms with Gasteiger partial charge in [-0.2, -0.15) is 0 Å². The van der Waals surface area contributed by atoms with Crippen molar-refractivity contribution in [2.45, 2.75) is 57.0 Å². The third-order valence-corrected chi connectivity index (χ3v) is 8.33. The predicted molar refractivity (Wildman–Crippen MR) is 119 cm³/mol. The number of aryl methyl sites for hydroxylation is 1. The molecule has 0 spiro atoms. The van der Waals surface area contributed by atoms with Gasteiger partial charge in [-0.3, -0.25) is 5.84 Å². The first kappa shape index (κ1) is 19.5. The highest BCUT2D eigenvalue weighted by molar-refractivity contribution is 5.48. The van der Waals surface area contributed by atoms with Crippen molar-refractivity contribution in [3.05, 3.63) is 59.2 Å². The number of aromatic hydroxyl groups is 1. The molecule has 2 aromatic rings. The maximum Gasteiger partial charge on any atom is 0.131 e. The van der Waals surface area contributed by atoms with Crippen molar-refractivity contribution in [3.8, 4) is 17.6 Å². The monoisotopic (exact) mass is 402 g/mol. The van der Waals surface area contributed by atoms with E-state index in [1.165, 1.54) is 11.1 Å². The number of aliphatic hydroxyl groups is 1. The lowest BCUT2D eigenvalue weighted by atomic mass is 9.53.